The Morgan fingerprint density at radius 1 is 0.862 bits per heavy atom. The zero-order valence-corrected chi connectivity index (χ0v) is 15.7. The van der Waals surface area contributed by atoms with E-state index in [9.17, 15) is 33.9 Å². The summed E-state index contributed by atoms with van der Waals surface area (Å²) in [6.45, 7) is 2.35. The molecule has 0 aliphatic carbocycles. The maximum atomic E-state index is 12.2. The smallest absolute Gasteiger partial charge is 0.326 e. The van der Waals surface area contributed by atoms with E-state index in [1.807, 2.05) is 5.32 Å². The molecule has 5 atom stereocenters. The molecule has 14 nitrogen and oxygen atoms in total. The van der Waals surface area contributed by atoms with Gasteiger partial charge in [-0.1, -0.05) is 0 Å². The van der Waals surface area contributed by atoms with E-state index < -0.39 is 78.7 Å². The molecule has 0 aliphatic rings. The number of hydrogen-bond acceptors (Lipinski definition) is 8. The molecular formula is C15H25N5O9. The van der Waals surface area contributed by atoms with Crippen molar-refractivity contribution >= 4 is 35.6 Å². The second-order valence-electron chi connectivity index (χ2n) is 6.23. The van der Waals surface area contributed by atoms with Crippen LogP contribution in [0.3, 0.4) is 0 Å². The second kappa shape index (κ2) is 11.6. The first-order chi connectivity index (χ1) is 13.3. The number of nitrogens with one attached hydrogen (secondary N) is 3. The van der Waals surface area contributed by atoms with Crippen LogP contribution >= 0.6 is 0 Å². The molecule has 29 heavy (non-hydrogen) atoms. The Labute approximate surface area is 165 Å². The molecule has 0 radical (unpaired) electrons. The van der Waals surface area contributed by atoms with E-state index >= 15 is 0 Å². The van der Waals surface area contributed by atoms with Crippen molar-refractivity contribution in [2.75, 3.05) is 0 Å². The molecule has 0 rings (SSSR count). The highest BCUT2D eigenvalue weighted by Crippen LogP contribution is 2.00. The fraction of sp³-hybridized carbons (Fsp3) is 0.600. The van der Waals surface area contributed by atoms with Gasteiger partial charge in [0.1, 0.15) is 18.1 Å². The minimum absolute atomic E-state index is 0.671. The number of carboxylic acid groups (broad SMARTS) is 2. The summed E-state index contributed by atoms with van der Waals surface area (Å²) in [6.07, 6.45) is -2.86. The van der Waals surface area contributed by atoms with Crippen molar-refractivity contribution in [1.29, 1.82) is 0 Å². The van der Waals surface area contributed by atoms with E-state index in [0.29, 0.717) is 0 Å². The van der Waals surface area contributed by atoms with Crippen molar-refractivity contribution in [1.82, 2.24) is 16.0 Å². The fourth-order valence-electron chi connectivity index (χ4n) is 2.01. The average Bonchev–Trinajstić information content (AvgIpc) is 2.56. The predicted molar refractivity (Wildman–Crippen MR) is 94.8 cm³/mol. The largest absolute Gasteiger partial charge is 0.481 e. The second-order valence-corrected chi connectivity index (χ2v) is 6.23. The number of aliphatic hydroxyl groups excluding tert-OH is 1. The summed E-state index contributed by atoms with van der Waals surface area (Å²) in [5, 5.41) is 33.6. The van der Waals surface area contributed by atoms with Crippen molar-refractivity contribution in [3.05, 3.63) is 0 Å². The Bertz CT molecular complexity index is 667. The number of carbonyl (C=O) groups excluding carboxylic acids is 4. The van der Waals surface area contributed by atoms with Gasteiger partial charge in [0.05, 0.1) is 25.0 Å². The minimum Gasteiger partial charge on any atom is -0.481 e. The van der Waals surface area contributed by atoms with Gasteiger partial charge in [-0.15, -0.1) is 0 Å². The Morgan fingerprint density at radius 2 is 1.41 bits per heavy atom. The number of carbonyl (C=O) groups is 6. The highest BCUT2D eigenvalue weighted by atomic mass is 16.4. The number of carboxylic acids is 2. The van der Waals surface area contributed by atoms with E-state index in [0.717, 1.165) is 6.92 Å². The van der Waals surface area contributed by atoms with Gasteiger partial charge in [0.15, 0.2) is 0 Å². The lowest BCUT2D eigenvalue weighted by Gasteiger charge is -2.25. The molecule has 14 heteroatoms. The highest BCUT2D eigenvalue weighted by Gasteiger charge is 2.32. The van der Waals surface area contributed by atoms with Gasteiger partial charge in [0, 0.05) is 0 Å². The van der Waals surface area contributed by atoms with Gasteiger partial charge in [-0.25, -0.2) is 4.79 Å². The summed E-state index contributed by atoms with van der Waals surface area (Å²) in [4.78, 5) is 68.7. The quantitative estimate of drug-likeness (QED) is 0.151. The van der Waals surface area contributed by atoms with Gasteiger partial charge in [-0.2, -0.15) is 0 Å². The van der Waals surface area contributed by atoms with Crippen LogP contribution in [0.15, 0.2) is 0 Å². The van der Waals surface area contributed by atoms with Gasteiger partial charge < -0.3 is 42.7 Å². The van der Waals surface area contributed by atoms with Crippen LogP contribution in [-0.4, -0.2) is 81.2 Å². The van der Waals surface area contributed by atoms with Gasteiger partial charge >= 0.3 is 11.9 Å². The number of rotatable bonds is 12. The minimum atomic E-state index is -1.68. The number of aliphatic carboxylic acids is 2. The predicted octanol–water partition coefficient (Wildman–Crippen LogP) is -4.40. The van der Waals surface area contributed by atoms with Crippen LogP contribution in [0.4, 0.5) is 0 Å². The van der Waals surface area contributed by atoms with Crippen LogP contribution in [0.1, 0.15) is 26.7 Å². The molecule has 0 spiro atoms. The summed E-state index contributed by atoms with van der Waals surface area (Å²) >= 11 is 0. The third kappa shape index (κ3) is 9.48. The summed E-state index contributed by atoms with van der Waals surface area (Å²) in [7, 11) is 0. The summed E-state index contributed by atoms with van der Waals surface area (Å²) in [5.41, 5.74) is 10.3. The molecule has 164 valence electrons. The van der Waals surface area contributed by atoms with Crippen molar-refractivity contribution in [3.63, 3.8) is 0 Å². The molecule has 0 aromatic rings. The maximum absolute atomic E-state index is 12.2. The van der Waals surface area contributed by atoms with Crippen LogP contribution in [-0.2, 0) is 28.8 Å². The van der Waals surface area contributed by atoms with Gasteiger partial charge in [0.25, 0.3) is 0 Å². The summed E-state index contributed by atoms with van der Waals surface area (Å²) in [5.74, 6) is -6.85. The van der Waals surface area contributed by atoms with Crippen molar-refractivity contribution < 1.29 is 44.1 Å². The van der Waals surface area contributed by atoms with Crippen LogP contribution < -0.4 is 27.4 Å². The first-order valence-corrected chi connectivity index (χ1v) is 8.33. The summed E-state index contributed by atoms with van der Waals surface area (Å²) in [6, 6.07) is -5.98. The van der Waals surface area contributed by atoms with Gasteiger partial charge in [-0.3, -0.25) is 24.0 Å². The molecule has 0 aromatic heterocycles. The number of hydrogen-bond donors (Lipinski definition) is 8. The highest BCUT2D eigenvalue weighted by molar-refractivity contribution is 5.95. The number of aliphatic hydroxyl groups is 1. The van der Waals surface area contributed by atoms with Crippen LogP contribution in [0, 0.1) is 0 Å². The molecule has 10 N–H and O–H groups in total. The van der Waals surface area contributed by atoms with Crippen molar-refractivity contribution in [2.45, 2.75) is 57.0 Å². The van der Waals surface area contributed by atoms with E-state index in [2.05, 4.69) is 10.6 Å². The van der Waals surface area contributed by atoms with E-state index in [-0.39, 0.29) is 0 Å². The fourth-order valence-corrected chi connectivity index (χ4v) is 2.01. The van der Waals surface area contributed by atoms with Gasteiger partial charge in [-0.05, 0) is 13.8 Å². The third-order valence-corrected chi connectivity index (χ3v) is 3.57. The molecule has 0 saturated carbocycles. The molecule has 0 aromatic carbocycles. The van der Waals surface area contributed by atoms with Crippen molar-refractivity contribution in [2.24, 2.45) is 11.5 Å². The molecule has 4 amide bonds. The monoisotopic (exact) mass is 419 g/mol. The Kier molecular flexibility index (Phi) is 10.3. The molecule has 0 fully saturated rings. The lowest BCUT2D eigenvalue weighted by molar-refractivity contribution is -0.144. The Hall–Kier alpha value is -3.26. The van der Waals surface area contributed by atoms with E-state index in [4.69, 9.17) is 21.7 Å². The first kappa shape index (κ1) is 25.7. The average molecular weight is 419 g/mol. The topological polar surface area (TPSA) is 251 Å². The molecule has 0 bridgehead atoms. The van der Waals surface area contributed by atoms with Crippen LogP contribution in [0.25, 0.3) is 0 Å². The molecule has 0 aliphatic heterocycles. The molecular weight excluding hydrogens is 394 g/mol. The van der Waals surface area contributed by atoms with Crippen LogP contribution in [0.2, 0.25) is 0 Å². The zero-order valence-electron chi connectivity index (χ0n) is 15.7. The normalized spacial score (nSPS) is 15.7. The van der Waals surface area contributed by atoms with Crippen molar-refractivity contribution in [3.8, 4) is 0 Å². The Balaban J connectivity index is 5.04. The number of amides is 4. The zero-order chi connectivity index (χ0) is 22.9. The lowest BCUT2D eigenvalue weighted by Crippen LogP contribution is -2.59. The van der Waals surface area contributed by atoms with Gasteiger partial charge in [0.2, 0.25) is 23.6 Å². The third-order valence-electron chi connectivity index (χ3n) is 3.57. The number of nitrogens with two attached hydrogens (primary N) is 2. The van der Waals surface area contributed by atoms with E-state index in [1.54, 1.807) is 0 Å². The van der Waals surface area contributed by atoms with E-state index in [1.165, 1.54) is 6.92 Å². The molecule has 5 unspecified atom stereocenters. The lowest BCUT2D eigenvalue weighted by atomic mass is 10.1. The number of primary amides is 1. The molecule has 0 heterocycles. The standard InChI is InChI=1S/C15H25N5O9/c1-5(18-13(26)7(16)3-10(23)24)12(25)20-11(6(2)21)14(27)19-8(15(28)29)4-9(17)22/h5-8,11,21H,3-4,16H2,1-2H3,(H2,17,22)(H,18,26)(H,19,27)(H,20,25)(H,23,24)(H,28,29). The van der Waals surface area contributed by atoms with Crippen LogP contribution in [0.5, 0.6) is 0 Å². The SMILES string of the molecule is CC(NC(=O)C(N)CC(=O)O)C(=O)NC(C(=O)NC(CC(N)=O)C(=O)O)C(C)O. The molecule has 0 saturated heterocycles. The Morgan fingerprint density at radius 3 is 1.83 bits per heavy atom. The summed E-state index contributed by atoms with van der Waals surface area (Å²) < 4.78 is 0. The maximum Gasteiger partial charge on any atom is 0.326 e. The first-order valence-electron chi connectivity index (χ1n) is 8.33.